The fourth-order valence-corrected chi connectivity index (χ4v) is 3.28. The van der Waals surface area contributed by atoms with Gasteiger partial charge < -0.3 is 19.5 Å². The van der Waals surface area contributed by atoms with Crippen LogP contribution in [0, 0.1) is 0 Å². The second-order valence-corrected chi connectivity index (χ2v) is 6.88. The molecule has 0 unspecified atom stereocenters. The number of methoxy groups -OCH3 is 2. The van der Waals surface area contributed by atoms with Crippen molar-refractivity contribution in [3.63, 3.8) is 0 Å². The largest absolute Gasteiger partial charge is 0.497 e. The molecular weight excluding hydrogens is 406 g/mol. The summed E-state index contributed by atoms with van der Waals surface area (Å²) >= 11 is 0.982. The van der Waals surface area contributed by atoms with Crippen molar-refractivity contribution in [2.45, 2.75) is 6.42 Å². The van der Waals surface area contributed by atoms with E-state index in [1.807, 2.05) is 0 Å². The lowest BCUT2D eigenvalue weighted by molar-refractivity contribution is 0.0507. The molecule has 0 atom stereocenters. The number of carbonyl (C=O) groups excluding carboxylic acids is 2. The zero-order valence-corrected chi connectivity index (χ0v) is 17.4. The zero-order valence-electron chi connectivity index (χ0n) is 16.6. The predicted octanol–water partition coefficient (Wildman–Crippen LogP) is 3.20. The topological polar surface area (TPSA) is 99.6 Å². The Morgan fingerprint density at radius 2 is 1.80 bits per heavy atom. The summed E-state index contributed by atoms with van der Waals surface area (Å²) in [5.41, 5.74) is 1.68. The first-order valence-corrected chi connectivity index (χ1v) is 9.96. The minimum absolute atomic E-state index is 0.158. The average molecular weight is 427 g/mol. The first kappa shape index (κ1) is 21.3. The molecule has 3 rings (SSSR count). The first-order valence-electron chi connectivity index (χ1n) is 9.19. The third kappa shape index (κ3) is 5.12. The number of benzene rings is 2. The van der Waals surface area contributed by atoms with Crippen LogP contribution < -0.4 is 14.8 Å². The molecule has 2 aromatic carbocycles. The lowest BCUT2D eigenvalue weighted by Gasteiger charge is -2.09. The Balaban J connectivity index is 1.49. The highest BCUT2D eigenvalue weighted by molar-refractivity contribution is 7.08. The number of esters is 1. The molecule has 0 aliphatic carbocycles. The third-order valence-electron chi connectivity index (χ3n) is 4.23. The summed E-state index contributed by atoms with van der Waals surface area (Å²) in [6.45, 7) is 0.515. The van der Waals surface area contributed by atoms with E-state index < -0.39 is 5.97 Å². The van der Waals surface area contributed by atoms with Crippen LogP contribution >= 0.6 is 11.5 Å². The number of nitrogens with one attached hydrogen (secondary N) is 1. The van der Waals surface area contributed by atoms with Crippen LogP contribution in [0.4, 0.5) is 0 Å². The van der Waals surface area contributed by atoms with Crippen molar-refractivity contribution in [2.75, 3.05) is 27.4 Å². The number of hydrogen-bond donors (Lipinski definition) is 1. The monoisotopic (exact) mass is 427 g/mol. The lowest BCUT2D eigenvalue weighted by Crippen LogP contribution is -2.26. The van der Waals surface area contributed by atoms with Gasteiger partial charge >= 0.3 is 5.97 Å². The molecule has 1 N–H and O–H groups in total. The Morgan fingerprint density at radius 1 is 1.03 bits per heavy atom. The second-order valence-electron chi connectivity index (χ2n) is 6.12. The predicted molar refractivity (Wildman–Crippen MR) is 112 cm³/mol. The van der Waals surface area contributed by atoms with Crippen LogP contribution in [0.1, 0.15) is 26.5 Å². The van der Waals surface area contributed by atoms with E-state index in [0.29, 0.717) is 40.6 Å². The molecule has 0 saturated heterocycles. The van der Waals surface area contributed by atoms with Gasteiger partial charge in [-0.1, -0.05) is 16.6 Å². The molecule has 30 heavy (non-hydrogen) atoms. The van der Waals surface area contributed by atoms with E-state index in [1.54, 1.807) is 55.6 Å². The number of ether oxygens (including phenoxy) is 3. The Bertz CT molecular complexity index is 1000. The van der Waals surface area contributed by atoms with Crippen molar-refractivity contribution >= 4 is 23.4 Å². The summed E-state index contributed by atoms with van der Waals surface area (Å²) in [6.07, 6.45) is 0.469. The van der Waals surface area contributed by atoms with Crippen molar-refractivity contribution < 1.29 is 23.8 Å². The molecule has 0 aliphatic rings. The molecule has 3 aromatic rings. The molecule has 8 nitrogen and oxygen atoms in total. The summed E-state index contributed by atoms with van der Waals surface area (Å²) in [7, 11) is 3.10. The lowest BCUT2D eigenvalue weighted by atomic mass is 10.1. The third-order valence-corrected chi connectivity index (χ3v) is 4.93. The number of hydrogen-bond acceptors (Lipinski definition) is 8. The number of amides is 1. The van der Waals surface area contributed by atoms with Gasteiger partial charge in [-0.15, -0.1) is 5.10 Å². The summed E-state index contributed by atoms with van der Waals surface area (Å²) in [6, 6.07) is 14.2. The van der Waals surface area contributed by atoms with Crippen LogP contribution in [0.15, 0.2) is 48.5 Å². The summed E-state index contributed by atoms with van der Waals surface area (Å²) in [4.78, 5) is 25.0. The van der Waals surface area contributed by atoms with E-state index in [9.17, 15) is 9.59 Å². The molecule has 9 heteroatoms. The molecule has 1 aromatic heterocycles. The molecule has 0 aliphatic heterocycles. The van der Waals surface area contributed by atoms with Gasteiger partial charge in [0.15, 0.2) is 4.88 Å². The second kappa shape index (κ2) is 10.4. The van der Waals surface area contributed by atoms with Gasteiger partial charge in [0.1, 0.15) is 17.2 Å². The molecule has 1 amide bonds. The van der Waals surface area contributed by atoms with E-state index in [-0.39, 0.29) is 12.5 Å². The van der Waals surface area contributed by atoms with Crippen molar-refractivity contribution in [3.8, 4) is 22.8 Å². The average Bonchev–Trinajstić information content (AvgIpc) is 3.28. The SMILES string of the molecule is COc1ccc(-c2nnsc2C(=O)OCCCNC(=O)c2ccccc2OC)cc1. The Labute approximate surface area is 178 Å². The van der Waals surface area contributed by atoms with Gasteiger partial charge in [-0.3, -0.25) is 4.79 Å². The number of rotatable bonds is 9. The number of aromatic nitrogens is 2. The standard InChI is InChI=1S/C21H21N3O5S/c1-27-15-10-8-14(9-11-15)18-19(30-24-23-18)21(26)29-13-5-12-22-20(25)16-6-3-4-7-17(16)28-2/h3-4,6-11H,5,12-13H2,1-2H3,(H,22,25). The van der Waals surface area contributed by atoms with Gasteiger partial charge in [0, 0.05) is 12.1 Å². The van der Waals surface area contributed by atoms with Crippen LogP contribution in [0.3, 0.4) is 0 Å². The van der Waals surface area contributed by atoms with Gasteiger partial charge in [0.2, 0.25) is 0 Å². The van der Waals surface area contributed by atoms with E-state index in [0.717, 1.165) is 17.1 Å². The maximum atomic E-state index is 12.4. The van der Waals surface area contributed by atoms with Gasteiger partial charge in [-0.05, 0) is 54.4 Å². The first-order chi connectivity index (χ1) is 14.6. The van der Waals surface area contributed by atoms with Gasteiger partial charge in [-0.2, -0.15) is 0 Å². The van der Waals surface area contributed by atoms with Crippen LogP contribution in [-0.2, 0) is 4.74 Å². The van der Waals surface area contributed by atoms with E-state index in [2.05, 4.69) is 14.9 Å². The Hall–Kier alpha value is -3.46. The van der Waals surface area contributed by atoms with Crippen LogP contribution in [-0.4, -0.2) is 48.8 Å². The number of nitrogens with zero attached hydrogens (tertiary/aromatic N) is 2. The smallest absolute Gasteiger partial charge is 0.352 e. The molecule has 0 spiro atoms. The Kier molecular flexibility index (Phi) is 7.34. The highest BCUT2D eigenvalue weighted by Crippen LogP contribution is 2.26. The van der Waals surface area contributed by atoms with Crippen molar-refractivity contribution in [1.82, 2.24) is 14.9 Å². The molecule has 0 radical (unpaired) electrons. The van der Waals surface area contributed by atoms with Crippen molar-refractivity contribution in [1.29, 1.82) is 0 Å². The highest BCUT2D eigenvalue weighted by Gasteiger charge is 2.19. The van der Waals surface area contributed by atoms with Crippen LogP contribution in [0.5, 0.6) is 11.5 Å². The normalized spacial score (nSPS) is 10.3. The van der Waals surface area contributed by atoms with Gasteiger partial charge in [0.05, 0.1) is 26.4 Å². The van der Waals surface area contributed by atoms with E-state index >= 15 is 0 Å². The zero-order chi connectivity index (χ0) is 21.3. The van der Waals surface area contributed by atoms with Gasteiger partial charge in [0.25, 0.3) is 5.91 Å². The summed E-state index contributed by atoms with van der Waals surface area (Å²) in [5.74, 6) is 0.477. The minimum Gasteiger partial charge on any atom is -0.497 e. The number of para-hydroxylation sites is 1. The molecule has 0 bridgehead atoms. The van der Waals surface area contributed by atoms with E-state index in [1.165, 1.54) is 7.11 Å². The van der Waals surface area contributed by atoms with Crippen LogP contribution in [0.2, 0.25) is 0 Å². The maximum absolute atomic E-state index is 12.4. The summed E-state index contributed by atoms with van der Waals surface area (Å²) < 4.78 is 19.5. The molecule has 0 fully saturated rings. The van der Waals surface area contributed by atoms with E-state index in [4.69, 9.17) is 14.2 Å². The fourth-order valence-electron chi connectivity index (χ4n) is 2.69. The van der Waals surface area contributed by atoms with Crippen LogP contribution in [0.25, 0.3) is 11.3 Å². The molecule has 156 valence electrons. The molecule has 0 saturated carbocycles. The minimum atomic E-state index is -0.494. The van der Waals surface area contributed by atoms with Gasteiger partial charge in [-0.25, -0.2) is 4.79 Å². The van der Waals surface area contributed by atoms with Crippen molar-refractivity contribution in [3.05, 3.63) is 59.0 Å². The molecular formula is C21H21N3O5S. The summed E-state index contributed by atoms with van der Waals surface area (Å²) in [5, 5.41) is 6.82. The maximum Gasteiger partial charge on any atom is 0.352 e. The number of carbonyl (C=O) groups is 2. The fraction of sp³-hybridized carbons (Fsp3) is 0.238. The quantitative estimate of drug-likeness (QED) is 0.413. The highest BCUT2D eigenvalue weighted by atomic mass is 32.1. The Morgan fingerprint density at radius 3 is 2.53 bits per heavy atom. The van der Waals surface area contributed by atoms with Crippen molar-refractivity contribution in [2.24, 2.45) is 0 Å². The molecule has 1 heterocycles.